The third kappa shape index (κ3) is 5.41. The highest BCUT2D eigenvalue weighted by molar-refractivity contribution is 5.81. The van der Waals surface area contributed by atoms with E-state index in [-0.39, 0.29) is 11.9 Å². The predicted octanol–water partition coefficient (Wildman–Crippen LogP) is 5.59. The van der Waals surface area contributed by atoms with Crippen molar-refractivity contribution in [2.24, 2.45) is 0 Å². The van der Waals surface area contributed by atoms with Gasteiger partial charge in [0.05, 0.1) is 6.04 Å². The monoisotopic (exact) mass is 420 g/mol. The van der Waals surface area contributed by atoms with Crippen LogP contribution in [0.15, 0.2) is 42.5 Å². The minimum Gasteiger partial charge on any atom is -0.481 e. The molecule has 1 saturated heterocycles. The van der Waals surface area contributed by atoms with E-state index in [4.69, 9.17) is 4.74 Å². The van der Waals surface area contributed by atoms with E-state index in [2.05, 4.69) is 46.6 Å². The number of anilines is 1. The summed E-state index contributed by atoms with van der Waals surface area (Å²) < 4.78 is 6.11. The molecule has 31 heavy (non-hydrogen) atoms. The number of amides is 1. The molecular formula is C27H36N2O2. The van der Waals surface area contributed by atoms with Gasteiger partial charge >= 0.3 is 0 Å². The van der Waals surface area contributed by atoms with Gasteiger partial charge in [0, 0.05) is 18.8 Å². The Hall–Kier alpha value is -2.49. The van der Waals surface area contributed by atoms with Gasteiger partial charge in [0.25, 0.3) is 5.91 Å². The highest BCUT2D eigenvalue weighted by atomic mass is 16.5. The summed E-state index contributed by atoms with van der Waals surface area (Å²) in [7, 11) is 0. The molecular weight excluding hydrogens is 384 g/mol. The molecule has 4 nitrogen and oxygen atoms in total. The van der Waals surface area contributed by atoms with E-state index in [1.54, 1.807) is 0 Å². The maximum Gasteiger partial charge on any atom is 0.261 e. The number of aryl methyl sites for hydroxylation is 2. The SMILES string of the molecule is CC[C@H](Oc1ccc2c(c1)CCCC2)C(=O)N[C@H](C)c1ccc(N2CCCCC2)cc1. The van der Waals surface area contributed by atoms with Crippen molar-refractivity contribution in [3.63, 3.8) is 0 Å². The van der Waals surface area contributed by atoms with Gasteiger partial charge in [-0.2, -0.15) is 0 Å². The van der Waals surface area contributed by atoms with E-state index in [0.717, 1.165) is 37.2 Å². The number of fused-ring (bicyclic) bond motifs is 1. The van der Waals surface area contributed by atoms with Crippen molar-refractivity contribution in [3.8, 4) is 5.75 Å². The van der Waals surface area contributed by atoms with Crippen LogP contribution >= 0.6 is 0 Å². The van der Waals surface area contributed by atoms with Crippen LogP contribution in [-0.4, -0.2) is 25.1 Å². The van der Waals surface area contributed by atoms with Crippen LogP contribution in [0.3, 0.4) is 0 Å². The van der Waals surface area contributed by atoms with Crippen molar-refractivity contribution >= 4 is 11.6 Å². The van der Waals surface area contributed by atoms with Gasteiger partial charge in [0.2, 0.25) is 0 Å². The second-order valence-corrected chi connectivity index (χ2v) is 9.02. The number of carbonyl (C=O) groups is 1. The van der Waals surface area contributed by atoms with E-state index < -0.39 is 6.10 Å². The molecule has 1 amide bonds. The Morgan fingerprint density at radius 1 is 0.968 bits per heavy atom. The Morgan fingerprint density at radius 3 is 2.39 bits per heavy atom. The molecule has 1 aliphatic heterocycles. The first-order chi connectivity index (χ1) is 15.1. The Labute approximate surface area is 187 Å². The summed E-state index contributed by atoms with van der Waals surface area (Å²) >= 11 is 0. The fourth-order valence-corrected chi connectivity index (χ4v) is 4.79. The summed E-state index contributed by atoms with van der Waals surface area (Å²) in [6.07, 6.45) is 8.82. The first-order valence-corrected chi connectivity index (χ1v) is 12.1. The molecule has 0 spiro atoms. The summed E-state index contributed by atoms with van der Waals surface area (Å²) in [6.45, 7) is 6.33. The lowest BCUT2D eigenvalue weighted by molar-refractivity contribution is -0.128. The first-order valence-electron chi connectivity index (χ1n) is 12.1. The molecule has 2 aromatic carbocycles. The van der Waals surface area contributed by atoms with Gasteiger partial charge in [-0.05, 0) is 99.2 Å². The molecule has 2 aromatic rings. The number of rotatable bonds is 7. The van der Waals surface area contributed by atoms with E-state index in [1.165, 1.54) is 48.9 Å². The van der Waals surface area contributed by atoms with Crippen LogP contribution < -0.4 is 15.0 Å². The second kappa shape index (κ2) is 10.2. The number of hydrogen-bond donors (Lipinski definition) is 1. The van der Waals surface area contributed by atoms with Crippen molar-refractivity contribution < 1.29 is 9.53 Å². The molecule has 2 aliphatic rings. The van der Waals surface area contributed by atoms with E-state index >= 15 is 0 Å². The maximum absolute atomic E-state index is 12.9. The fourth-order valence-electron chi connectivity index (χ4n) is 4.79. The molecule has 1 N–H and O–H groups in total. The van der Waals surface area contributed by atoms with Gasteiger partial charge < -0.3 is 15.0 Å². The highest BCUT2D eigenvalue weighted by Gasteiger charge is 2.22. The van der Waals surface area contributed by atoms with Gasteiger partial charge in [-0.1, -0.05) is 25.1 Å². The van der Waals surface area contributed by atoms with E-state index in [9.17, 15) is 4.79 Å². The van der Waals surface area contributed by atoms with E-state index in [0.29, 0.717) is 6.42 Å². The number of nitrogens with one attached hydrogen (secondary N) is 1. The molecule has 0 aromatic heterocycles. The van der Waals surface area contributed by atoms with E-state index in [1.807, 2.05) is 19.9 Å². The van der Waals surface area contributed by atoms with Gasteiger partial charge in [0.1, 0.15) is 5.75 Å². The van der Waals surface area contributed by atoms with Crippen LogP contribution in [0.2, 0.25) is 0 Å². The molecule has 4 rings (SSSR count). The quantitative estimate of drug-likeness (QED) is 0.635. The summed E-state index contributed by atoms with van der Waals surface area (Å²) in [5.41, 5.74) is 5.21. The standard InChI is InChI=1S/C27H36N2O2/c1-3-26(31-25-16-13-22-9-5-6-10-23(22)19-25)27(30)28-20(2)21-11-14-24(15-12-21)29-17-7-4-8-18-29/h11-16,19-20,26H,3-10,17-18H2,1-2H3,(H,28,30)/t20-,26+/m1/s1. The van der Waals surface area contributed by atoms with Crippen LogP contribution in [-0.2, 0) is 17.6 Å². The number of hydrogen-bond acceptors (Lipinski definition) is 3. The van der Waals surface area contributed by atoms with Crippen molar-refractivity contribution in [1.29, 1.82) is 0 Å². The van der Waals surface area contributed by atoms with Crippen LogP contribution in [0.1, 0.15) is 75.1 Å². The minimum absolute atomic E-state index is 0.0483. The fraction of sp³-hybridized carbons (Fsp3) is 0.519. The Balaban J connectivity index is 1.35. The van der Waals surface area contributed by atoms with Crippen molar-refractivity contribution in [2.45, 2.75) is 77.4 Å². The topological polar surface area (TPSA) is 41.6 Å². The Morgan fingerprint density at radius 2 is 1.68 bits per heavy atom. The van der Waals surface area contributed by atoms with Crippen LogP contribution in [0.25, 0.3) is 0 Å². The molecule has 1 heterocycles. The average molecular weight is 421 g/mol. The highest BCUT2D eigenvalue weighted by Crippen LogP contribution is 2.27. The first kappa shape index (κ1) is 21.7. The molecule has 1 fully saturated rings. The zero-order valence-corrected chi connectivity index (χ0v) is 19.0. The number of nitrogens with zero attached hydrogens (tertiary/aromatic N) is 1. The molecule has 0 unspecified atom stereocenters. The smallest absolute Gasteiger partial charge is 0.261 e. The normalized spacial score (nSPS) is 18.1. The van der Waals surface area contributed by atoms with Crippen molar-refractivity contribution in [3.05, 3.63) is 59.2 Å². The zero-order valence-electron chi connectivity index (χ0n) is 19.0. The van der Waals surface area contributed by atoms with Crippen LogP contribution in [0.4, 0.5) is 5.69 Å². The number of ether oxygens (including phenoxy) is 1. The Bertz CT molecular complexity index is 871. The third-order valence-corrected chi connectivity index (χ3v) is 6.73. The van der Waals surface area contributed by atoms with Gasteiger partial charge in [-0.25, -0.2) is 0 Å². The number of benzene rings is 2. The third-order valence-electron chi connectivity index (χ3n) is 6.73. The van der Waals surface area contributed by atoms with Crippen molar-refractivity contribution in [2.75, 3.05) is 18.0 Å². The largest absolute Gasteiger partial charge is 0.481 e. The van der Waals surface area contributed by atoms with Crippen LogP contribution in [0.5, 0.6) is 5.75 Å². The Kier molecular flexibility index (Phi) is 7.16. The predicted molar refractivity (Wildman–Crippen MR) is 127 cm³/mol. The molecule has 0 radical (unpaired) electrons. The van der Waals surface area contributed by atoms with Crippen LogP contribution in [0, 0.1) is 0 Å². The molecule has 1 aliphatic carbocycles. The average Bonchev–Trinajstić information content (AvgIpc) is 2.83. The van der Waals surface area contributed by atoms with Gasteiger partial charge in [-0.3, -0.25) is 4.79 Å². The maximum atomic E-state index is 12.9. The number of carbonyl (C=O) groups excluding carboxylic acids is 1. The van der Waals surface area contributed by atoms with Gasteiger partial charge in [0.15, 0.2) is 6.10 Å². The minimum atomic E-state index is -0.475. The lowest BCUT2D eigenvalue weighted by Crippen LogP contribution is -2.39. The molecule has 166 valence electrons. The van der Waals surface area contributed by atoms with Gasteiger partial charge in [-0.15, -0.1) is 0 Å². The summed E-state index contributed by atoms with van der Waals surface area (Å²) in [5, 5.41) is 3.15. The lowest BCUT2D eigenvalue weighted by Gasteiger charge is -2.29. The molecule has 0 saturated carbocycles. The molecule has 2 atom stereocenters. The zero-order chi connectivity index (χ0) is 21.6. The number of piperidine rings is 1. The summed E-state index contributed by atoms with van der Waals surface area (Å²) in [4.78, 5) is 15.4. The second-order valence-electron chi connectivity index (χ2n) is 9.02. The molecule has 4 heteroatoms. The lowest BCUT2D eigenvalue weighted by atomic mass is 9.92. The van der Waals surface area contributed by atoms with Crippen molar-refractivity contribution in [1.82, 2.24) is 5.32 Å². The summed E-state index contributed by atoms with van der Waals surface area (Å²) in [5.74, 6) is 0.758. The summed E-state index contributed by atoms with van der Waals surface area (Å²) in [6, 6.07) is 14.9. The molecule has 0 bridgehead atoms.